The summed E-state index contributed by atoms with van der Waals surface area (Å²) < 4.78 is 14.6. The third-order valence-electron chi connectivity index (χ3n) is 3.05. The summed E-state index contributed by atoms with van der Waals surface area (Å²) in [5.74, 6) is 0.0267. The van der Waals surface area contributed by atoms with Gasteiger partial charge in [-0.05, 0) is 37.3 Å². The first kappa shape index (κ1) is 15.6. The molecule has 112 valence electrons. The van der Waals surface area contributed by atoms with Gasteiger partial charge in [0.2, 0.25) is 5.91 Å². The third kappa shape index (κ3) is 4.90. The van der Waals surface area contributed by atoms with E-state index < -0.39 is 0 Å². The fraction of sp³-hybridized carbons (Fsp3) is 0.333. The van der Waals surface area contributed by atoms with Crippen molar-refractivity contribution >= 4 is 17.7 Å². The van der Waals surface area contributed by atoms with E-state index in [1.807, 2.05) is 24.7 Å². The molecular weight excluding hydrogens is 289 g/mol. The summed E-state index contributed by atoms with van der Waals surface area (Å²) in [6.45, 7) is 2.56. The molecule has 0 radical (unpaired) electrons. The first-order chi connectivity index (χ1) is 10.0. The minimum absolute atomic E-state index is 0.0306. The fourth-order valence-corrected chi connectivity index (χ4v) is 2.55. The van der Waals surface area contributed by atoms with E-state index in [1.54, 1.807) is 12.1 Å². The first-order valence-corrected chi connectivity index (χ1v) is 7.68. The zero-order chi connectivity index (χ0) is 15.2. The highest BCUT2D eigenvalue weighted by molar-refractivity contribution is 8.00. The number of aryl methyl sites for hydroxylation is 2. The lowest BCUT2D eigenvalue weighted by molar-refractivity contribution is -0.118. The van der Waals surface area contributed by atoms with Crippen LogP contribution in [0.2, 0.25) is 0 Å². The maximum Gasteiger partial charge on any atom is 0.230 e. The Morgan fingerprint density at radius 2 is 2.10 bits per heavy atom. The number of amides is 1. The van der Waals surface area contributed by atoms with Crippen LogP contribution in [0.5, 0.6) is 0 Å². The average molecular weight is 307 g/mol. The van der Waals surface area contributed by atoms with Crippen LogP contribution in [0.1, 0.15) is 11.4 Å². The Kier molecular flexibility index (Phi) is 5.38. The maximum atomic E-state index is 12.7. The molecule has 2 rings (SSSR count). The molecule has 0 aliphatic carbocycles. The van der Waals surface area contributed by atoms with Crippen LogP contribution in [0.15, 0.2) is 35.2 Å². The van der Waals surface area contributed by atoms with Crippen molar-refractivity contribution in [3.05, 3.63) is 47.5 Å². The van der Waals surface area contributed by atoms with Gasteiger partial charge in [-0.3, -0.25) is 9.48 Å². The molecule has 21 heavy (non-hydrogen) atoms. The highest BCUT2D eigenvalue weighted by Gasteiger charge is 2.05. The molecule has 0 saturated carbocycles. The Morgan fingerprint density at radius 1 is 1.38 bits per heavy atom. The minimum Gasteiger partial charge on any atom is -0.355 e. The van der Waals surface area contributed by atoms with Gasteiger partial charge in [0.05, 0.1) is 11.4 Å². The standard InChI is InChI=1S/C15H18FN3OS/c1-11-9-13(18-19(11)2)7-8-17-15(20)10-21-14-5-3-12(16)4-6-14/h3-6,9H,7-8,10H2,1-2H3,(H,17,20). The largest absolute Gasteiger partial charge is 0.355 e. The molecule has 1 aromatic heterocycles. The third-order valence-corrected chi connectivity index (χ3v) is 4.06. The lowest BCUT2D eigenvalue weighted by atomic mass is 10.3. The quantitative estimate of drug-likeness (QED) is 0.833. The van der Waals surface area contributed by atoms with Crippen LogP contribution in [-0.2, 0) is 18.3 Å². The number of rotatable bonds is 6. The topological polar surface area (TPSA) is 46.9 Å². The van der Waals surface area contributed by atoms with E-state index >= 15 is 0 Å². The molecule has 0 saturated heterocycles. The lowest BCUT2D eigenvalue weighted by Gasteiger charge is -2.04. The molecule has 0 bridgehead atoms. The van der Waals surface area contributed by atoms with Crippen molar-refractivity contribution in [3.8, 4) is 0 Å². The summed E-state index contributed by atoms with van der Waals surface area (Å²) in [7, 11) is 1.90. The molecule has 2 aromatic rings. The lowest BCUT2D eigenvalue weighted by Crippen LogP contribution is -2.27. The second kappa shape index (κ2) is 7.26. The van der Waals surface area contributed by atoms with Crippen LogP contribution in [-0.4, -0.2) is 28.0 Å². The molecular formula is C15H18FN3OS. The summed E-state index contributed by atoms with van der Waals surface area (Å²) in [4.78, 5) is 12.6. The molecule has 4 nitrogen and oxygen atoms in total. The normalized spacial score (nSPS) is 10.6. The van der Waals surface area contributed by atoms with Crippen LogP contribution in [0, 0.1) is 12.7 Å². The van der Waals surface area contributed by atoms with Crippen molar-refractivity contribution in [1.82, 2.24) is 15.1 Å². The van der Waals surface area contributed by atoms with Crippen molar-refractivity contribution < 1.29 is 9.18 Å². The number of hydrogen-bond donors (Lipinski definition) is 1. The molecule has 1 amide bonds. The van der Waals surface area contributed by atoms with Crippen molar-refractivity contribution in [3.63, 3.8) is 0 Å². The average Bonchev–Trinajstić information content (AvgIpc) is 2.77. The van der Waals surface area contributed by atoms with E-state index in [4.69, 9.17) is 0 Å². The predicted molar refractivity (Wildman–Crippen MR) is 81.8 cm³/mol. The van der Waals surface area contributed by atoms with Gasteiger partial charge in [0.15, 0.2) is 0 Å². The number of hydrogen-bond acceptors (Lipinski definition) is 3. The highest BCUT2D eigenvalue weighted by Crippen LogP contribution is 2.17. The van der Waals surface area contributed by atoms with Gasteiger partial charge in [0.25, 0.3) is 0 Å². The van der Waals surface area contributed by atoms with Gasteiger partial charge in [-0.1, -0.05) is 0 Å². The molecule has 1 N–H and O–H groups in total. The number of nitrogens with zero attached hydrogens (tertiary/aromatic N) is 2. The van der Waals surface area contributed by atoms with Crippen LogP contribution >= 0.6 is 11.8 Å². The molecule has 0 aliphatic heterocycles. The van der Waals surface area contributed by atoms with Gasteiger partial charge in [-0.25, -0.2) is 4.39 Å². The fourth-order valence-electron chi connectivity index (χ4n) is 1.82. The summed E-state index contributed by atoms with van der Waals surface area (Å²) in [6, 6.07) is 8.14. The monoisotopic (exact) mass is 307 g/mol. The number of halogens is 1. The molecule has 6 heteroatoms. The van der Waals surface area contributed by atoms with Gasteiger partial charge >= 0.3 is 0 Å². The summed E-state index contributed by atoms with van der Waals surface area (Å²) in [6.07, 6.45) is 0.717. The number of carbonyl (C=O) groups excluding carboxylic acids is 1. The number of benzene rings is 1. The molecule has 0 unspecified atom stereocenters. The number of nitrogens with one attached hydrogen (secondary N) is 1. The second-order valence-electron chi connectivity index (χ2n) is 4.74. The molecule has 0 atom stereocenters. The predicted octanol–water partition coefficient (Wildman–Crippen LogP) is 2.32. The van der Waals surface area contributed by atoms with E-state index in [1.165, 1.54) is 23.9 Å². The van der Waals surface area contributed by atoms with Crippen molar-refractivity contribution in [2.24, 2.45) is 7.05 Å². The Morgan fingerprint density at radius 3 is 2.71 bits per heavy atom. The van der Waals surface area contributed by atoms with Gasteiger partial charge in [-0.2, -0.15) is 5.10 Å². The van der Waals surface area contributed by atoms with E-state index in [0.717, 1.165) is 16.3 Å². The zero-order valence-electron chi connectivity index (χ0n) is 12.1. The van der Waals surface area contributed by atoms with E-state index in [2.05, 4.69) is 10.4 Å². The van der Waals surface area contributed by atoms with Gasteiger partial charge in [0, 0.05) is 30.6 Å². The molecule has 1 aromatic carbocycles. The summed E-state index contributed by atoms with van der Waals surface area (Å²) in [5, 5.41) is 7.19. The van der Waals surface area contributed by atoms with Gasteiger partial charge < -0.3 is 5.32 Å². The van der Waals surface area contributed by atoms with Gasteiger partial charge in [-0.15, -0.1) is 11.8 Å². The number of carbonyl (C=O) groups is 1. The smallest absolute Gasteiger partial charge is 0.230 e. The summed E-state index contributed by atoms with van der Waals surface area (Å²) >= 11 is 1.39. The first-order valence-electron chi connectivity index (χ1n) is 6.69. The molecule has 0 aliphatic rings. The van der Waals surface area contributed by atoms with Crippen LogP contribution in [0.25, 0.3) is 0 Å². The van der Waals surface area contributed by atoms with Crippen LogP contribution in [0.4, 0.5) is 4.39 Å². The Hall–Kier alpha value is -1.82. The zero-order valence-corrected chi connectivity index (χ0v) is 12.9. The Labute approximate surface area is 127 Å². The van der Waals surface area contributed by atoms with Crippen molar-refractivity contribution in [2.75, 3.05) is 12.3 Å². The molecule has 0 fully saturated rings. The van der Waals surface area contributed by atoms with Crippen molar-refractivity contribution in [2.45, 2.75) is 18.2 Å². The number of aromatic nitrogens is 2. The Bertz CT molecular complexity index is 590. The van der Waals surface area contributed by atoms with Crippen LogP contribution < -0.4 is 5.32 Å². The van der Waals surface area contributed by atoms with Crippen LogP contribution in [0.3, 0.4) is 0 Å². The maximum absolute atomic E-state index is 12.7. The van der Waals surface area contributed by atoms with Crippen molar-refractivity contribution in [1.29, 1.82) is 0 Å². The summed E-state index contributed by atoms with van der Waals surface area (Å²) in [5.41, 5.74) is 2.07. The van der Waals surface area contributed by atoms with Gasteiger partial charge in [0.1, 0.15) is 5.82 Å². The number of thioether (sulfide) groups is 1. The minimum atomic E-state index is -0.269. The second-order valence-corrected chi connectivity index (χ2v) is 5.79. The molecule has 1 heterocycles. The highest BCUT2D eigenvalue weighted by atomic mass is 32.2. The Balaban J connectivity index is 1.69. The molecule has 0 spiro atoms. The van der Waals surface area contributed by atoms with E-state index in [0.29, 0.717) is 18.7 Å². The van der Waals surface area contributed by atoms with E-state index in [9.17, 15) is 9.18 Å². The SMILES string of the molecule is Cc1cc(CCNC(=O)CSc2ccc(F)cc2)nn1C. The van der Waals surface area contributed by atoms with E-state index in [-0.39, 0.29) is 11.7 Å².